The molecule has 3 heterocycles. The summed E-state index contributed by atoms with van der Waals surface area (Å²) in [5, 5.41) is 7.02. The summed E-state index contributed by atoms with van der Waals surface area (Å²) in [5.41, 5.74) is 0.809. The Kier molecular flexibility index (Phi) is 4.74. The fourth-order valence-electron chi connectivity index (χ4n) is 3.78. The van der Waals surface area contributed by atoms with Gasteiger partial charge < -0.3 is 15.5 Å². The highest BCUT2D eigenvalue weighted by Gasteiger charge is 2.41. The van der Waals surface area contributed by atoms with E-state index in [2.05, 4.69) is 23.3 Å². The highest BCUT2D eigenvalue weighted by molar-refractivity contribution is 7.80. The van der Waals surface area contributed by atoms with Crippen molar-refractivity contribution in [3.05, 3.63) is 42.7 Å². The second-order valence-corrected chi connectivity index (χ2v) is 6.74. The van der Waals surface area contributed by atoms with Gasteiger partial charge in [-0.05, 0) is 42.4 Å². The molecule has 3 saturated heterocycles. The SMILES string of the molecule is C=C[C@H]1C[NH+]2CC[C@H]1C[C@@H]2CNC(=S)Nc1ccc(F)cc1. The number of halogens is 1. The number of quaternary nitrogens is 1. The number of anilines is 1. The van der Waals surface area contributed by atoms with Crippen LogP contribution in [0.15, 0.2) is 36.9 Å². The van der Waals surface area contributed by atoms with Gasteiger partial charge in [0.15, 0.2) is 5.11 Å². The number of nitrogens with one attached hydrogen (secondary N) is 3. The van der Waals surface area contributed by atoms with Crippen molar-refractivity contribution in [1.82, 2.24) is 5.32 Å². The number of benzene rings is 1. The van der Waals surface area contributed by atoms with Crippen molar-refractivity contribution in [2.75, 3.05) is 25.0 Å². The molecular weight excluding hydrogens is 297 g/mol. The van der Waals surface area contributed by atoms with E-state index in [1.54, 1.807) is 17.0 Å². The minimum Gasteiger partial charge on any atom is -0.356 e. The predicted octanol–water partition coefficient (Wildman–Crippen LogP) is 1.59. The number of thiocarbonyl (C=S) groups is 1. The lowest BCUT2D eigenvalue weighted by Gasteiger charge is -2.46. The molecule has 0 saturated carbocycles. The number of fused-ring (bicyclic) bond motifs is 3. The van der Waals surface area contributed by atoms with Crippen LogP contribution in [-0.4, -0.2) is 30.8 Å². The minimum atomic E-state index is -0.240. The summed E-state index contributed by atoms with van der Waals surface area (Å²) >= 11 is 5.33. The molecule has 3 aliphatic heterocycles. The van der Waals surface area contributed by atoms with Crippen molar-refractivity contribution < 1.29 is 9.29 Å². The highest BCUT2D eigenvalue weighted by Crippen LogP contribution is 2.27. The maximum Gasteiger partial charge on any atom is 0.170 e. The van der Waals surface area contributed by atoms with Gasteiger partial charge in [0.25, 0.3) is 0 Å². The predicted molar refractivity (Wildman–Crippen MR) is 91.5 cm³/mol. The maximum absolute atomic E-state index is 12.9. The average Bonchev–Trinajstić information content (AvgIpc) is 2.55. The number of hydrogen-bond acceptors (Lipinski definition) is 1. The molecule has 0 spiro atoms. The van der Waals surface area contributed by atoms with Crippen LogP contribution in [-0.2, 0) is 0 Å². The van der Waals surface area contributed by atoms with Gasteiger partial charge in [0, 0.05) is 24.4 Å². The Hall–Kier alpha value is -1.46. The zero-order valence-electron chi connectivity index (χ0n) is 12.6. The van der Waals surface area contributed by atoms with E-state index >= 15 is 0 Å². The fraction of sp³-hybridized carbons (Fsp3) is 0.471. The Labute approximate surface area is 136 Å². The summed E-state index contributed by atoms with van der Waals surface area (Å²) in [6, 6.07) is 6.86. The Balaban J connectivity index is 1.47. The topological polar surface area (TPSA) is 28.5 Å². The first-order valence-corrected chi connectivity index (χ1v) is 8.34. The zero-order chi connectivity index (χ0) is 15.5. The van der Waals surface area contributed by atoms with Gasteiger partial charge in [-0.15, -0.1) is 6.58 Å². The lowest BCUT2D eigenvalue weighted by Crippen LogP contribution is -3.20. The van der Waals surface area contributed by atoms with Crippen LogP contribution >= 0.6 is 12.2 Å². The van der Waals surface area contributed by atoms with Gasteiger partial charge in [-0.25, -0.2) is 4.39 Å². The smallest absolute Gasteiger partial charge is 0.170 e. The molecule has 4 atom stereocenters. The van der Waals surface area contributed by atoms with Gasteiger partial charge in [-0.1, -0.05) is 6.08 Å². The maximum atomic E-state index is 12.9. The first-order valence-electron chi connectivity index (χ1n) is 7.93. The first-order chi connectivity index (χ1) is 10.7. The molecule has 3 aliphatic rings. The van der Waals surface area contributed by atoms with Gasteiger partial charge >= 0.3 is 0 Å². The molecule has 5 heteroatoms. The molecule has 0 aliphatic carbocycles. The molecule has 1 aromatic rings. The van der Waals surface area contributed by atoms with Gasteiger partial charge in [-0.2, -0.15) is 0 Å². The molecule has 2 bridgehead atoms. The lowest BCUT2D eigenvalue weighted by molar-refractivity contribution is -0.944. The van der Waals surface area contributed by atoms with E-state index in [1.165, 1.54) is 38.1 Å². The zero-order valence-corrected chi connectivity index (χ0v) is 13.5. The Morgan fingerprint density at radius 1 is 1.41 bits per heavy atom. The molecule has 4 rings (SSSR count). The summed E-state index contributed by atoms with van der Waals surface area (Å²) in [6.07, 6.45) is 4.70. The van der Waals surface area contributed by atoms with E-state index in [-0.39, 0.29) is 5.82 Å². The summed E-state index contributed by atoms with van der Waals surface area (Å²) in [4.78, 5) is 1.67. The van der Waals surface area contributed by atoms with Gasteiger partial charge in [0.2, 0.25) is 0 Å². The number of rotatable bonds is 4. The van der Waals surface area contributed by atoms with Crippen molar-refractivity contribution in [3.63, 3.8) is 0 Å². The van der Waals surface area contributed by atoms with Gasteiger partial charge in [-0.3, -0.25) is 0 Å². The van der Waals surface area contributed by atoms with Crippen molar-refractivity contribution in [3.8, 4) is 0 Å². The van der Waals surface area contributed by atoms with E-state index in [9.17, 15) is 4.39 Å². The molecule has 0 radical (unpaired) electrons. The third-order valence-corrected chi connectivity index (χ3v) is 5.26. The normalized spacial score (nSPS) is 29.9. The third-order valence-electron chi connectivity index (χ3n) is 5.02. The van der Waals surface area contributed by atoms with Crippen LogP contribution in [0.1, 0.15) is 12.8 Å². The Morgan fingerprint density at radius 3 is 2.82 bits per heavy atom. The quantitative estimate of drug-likeness (QED) is 0.581. The summed E-state index contributed by atoms with van der Waals surface area (Å²) in [7, 11) is 0. The van der Waals surface area contributed by atoms with E-state index in [0.29, 0.717) is 17.1 Å². The van der Waals surface area contributed by atoms with Crippen LogP contribution in [0, 0.1) is 17.7 Å². The molecule has 118 valence electrons. The molecule has 3 nitrogen and oxygen atoms in total. The molecule has 0 aromatic heterocycles. The van der Waals surface area contributed by atoms with Crippen LogP contribution in [0.5, 0.6) is 0 Å². The van der Waals surface area contributed by atoms with Crippen LogP contribution in [0.4, 0.5) is 10.1 Å². The van der Waals surface area contributed by atoms with E-state index in [4.69, 9.17) is 12.2 Å². The summed E-state index contributed by atoms with van der Waals surface area (Å²) < 4.78 is 12.9. The molecule has 22 heavy (non-hydrogen) atoms. The van der Waals surface area contributed by atoms with E-state index < -0.39 is 0 Å². The van der Waals surface area contributed by atoms with E-state index in [0.717, 1.165) is 18.2 Å². The molecule has 1 unspecified atom stereocenters. The monoisotopic (exact) mass is 320 g/mol. The molecule has 0 amide bonds. The van der Waals surface area contributed by atoms with Crippen molar-refractivity contribution in [2.24, 2.45) is 11.8 Å². The summed E-state index contributed by atoms with van der Waals surface area (Å²) in [5.74, 6) is 1.24. The first kappa shape index (κ1) is 15.4. The van der Waals surface area contributed by atoms with Crippen LogP contribution in [0.2, 0.25) is 0 Å². The lowest BCUT2D eigenvalue weighted by atomic mass is 9.76. The van der Waals surface area contributed by atoms with E-state index in [1.807, 2.05) is 0 Å². The van der Waals surface area contributed by atoms with Crippen LogP contribution < -0.4 is 15.5 Å². The van der Waals surface area contributed by atoms with Crippen LogP contribution in [0.25, 0.3) is 0 Å². The van der Waals surface area contributed by atoms with Gasteiger partial charge in [0.1, 0.15) is 11.9 Å². The molecule has 1 aromatic carbocycles. The highest BCUT2D eigenvalue weighted by atomic mass is 32.1. The second-order valence-electron chi connectivity index (χ2n) is 6.34. The van der Waals surface area contributed by atoms with Crippen molar-refractivity contribution in [1.29, 1.82) is 0 Å². The number of piperidine rings is 3. The van der Waals surface area contributed by atoms with Crippen LogP contribution in [0.3, 0.4) is 0 Å². The molecular formula is C17H23FN3S+. The van der Waals surface area contributed by atoms with Gasteiger partial charge in [0.05, 0.1) is 19.6 Å². The minimum absolute atomic E-state index is 0.240. The Bertz CT molecular complexity index is 545. The standard InChI is InChI=1S/C17H22FN3S/c1-2-12-11-21-8-7-13(12)9-16(21)10-19-17(22)20-15-5-3-14(18)4-6-15/h2-6,12-13,16H,1,7-11H2,(H2,19,20,22)/p+1/t12-,13-,16+/m0/s1. The Morgan fingerprint density at radius 2 is 2.18 bits per heavy atom. The van der Waals surface area contributed by atoms with Crippen molar-refractivity contribution >= 4 is 23.0 Å². The summed E-state index contributed by atoms with van der Waals surface area (Å²) in [6.45, 7) is 7.33. The molecule has 3 N–H and O–H groups in total. The largest absolute Gasteiger partial charge is 0.356 e. The second kappa shape index (κ2) is 6.75. The molecule has 3 fully saturated rings. The fourth-order valence-corrected chi connectivity index (χ4v) is 3.98. The third kappa shape index (κ3) is 3.47. The number of hydrogen-bond donors (Lipinski definition) is 3. The van der Waals surface area contributed by atoms with Crippen molar-refractivity contribution in [2.45, 2.75) is 18.9 Å². The average molecular weight is 320 g/mol.